The second-order valence-electron chi connectivity index (χ2n) is 6.25. The van der Waals surface area contributed by atoms with E-state index in [1.165, 1.54) is 0 Å². The molecule has 7 heteroatoms. The number of carbonyl (C=O) groups is 2. The van der Waals surface area contributed by atoms with Crippen LogP contribution in [0.2, 0.25) is 0 Å². The standard InChI is InChI=1S/C18H24F3NO3/c1-4-5-6-9-25-18(24)14(10-11(2)3)22-17(23)12-7-8-13(19)16(21)15(12)20/h7-8,11,14H,4-6,9-10H2,1-3H3,(H,22,23). The van der Waals surface area contributed by atoms with Crippen LogP contribution in [0.3, 0.4) is 0 Å². The fourth-order valence-electron chi connectivity index (χ4n) is 2.25. The number of ether oxygens (including phenoxy) is 1. The molecule has 0 spiro atoms. The molecule has 1 amide bonds. The van der Waals surface area contributed by atoms with E-state index in [0.717, 1.165) is 18.9 Å². The van der Waals surface area contributed by atoms with Gasteiger partial charge in [-0.15, -0.1) is 0 Å². The molecule has 0 fully saturated rings. The Hall–Kier alpha value is -2.05. The van der Waals surface area contributed by atoms with Gasteiger partial charge in [-0.3, -0.25) is 4.79 Å². The number of hydrogen-bond donors (Lipinski definition) is 1. The summed E-state index contributed by atoms with van der Waals surface area (Å²) < 4.78 is 45.1. The lowest BCUT2D eigenvalue weighted by Crippen LogP contribution is -2.43. The maximum absolute atomic E-state index is 13.7. The number of halogens is 3. The summed E-state index contributed by atoms with van der Waals surface area (Å²) in [5.41, 5.74) is -0.661. The van der Waals surface area contributed by atoms with E-state index < -0.39 is 40.9 Å². The number of rotatable bonds is 9. The van der Waals surface area contributed by atoms with Crippen LogP contribution >= 0.6 is 0 Å². The van der Waals surface area contributed by atoms with Crippen molar-refractivity contribution < 1.29 is 27.5 Å². The zero-order valence-corrected chi connectivity index (χ0v) is 14.7. The molecule has 0 aliphatic heterocycles. The van der Waals surface area contributed by atoms with Gasteiger partial charge in [-0.25, -0.2) is 18.0 Å². The Balaban J connectivity index is 2.82. The summed E-state index contributed by atoms with van der Waals surface area (Å²) in [7, 11) is 0. The molecule has 1 N–H and O–H groups in total. The van der Waals surface area contributed by atoms with Crippen molar-refractivity contribution in [1.82, 2.24) is 5.32 Å². The van der Waals surface area contributed by atoms with Gasteiger partial charge in [-0.05, 0) is 30.9 Å². The van der Waals surface area contributed by atoms with E-state index in [2.05, 4.69) is 5.32 Å². The highest BCUT2D eigenvalue weighted by atomic mass is 19.2. The molecule has 1 aromatic rings. The third-order valence-electron chi connectivity index (χ3n) is 3.57. The third kappa shape index (κ3) is 6.40. The van der Waals surface area contributed by atoms with Crippen LogP contribution in [0.4, 0.5) is 13.2 Å². The minimum absolute atomic E-state index is 0.0586. The van der Waals surface area contributed by atoms with Crippen LogP contribution in [0.5, 0.6) is 0 Å². The molecule has 1 rings (SSSR count). The summed E-state index contributed by atoms with van der Waals surface area (Å²) in [5.74, 6) is -6.26. The van der Waals surface area contributed by atoms with Gasteiger partial charge in [0.1, 0.15) is 6.04 Å². The molecule has 0 bridgehead atoms. The molecule has 0 radical (unpaired) electrons. The molecular weight excluding hydrogens is 335 g/mol. The number of amides is 1. The first kappa shape index (κ1) is 21.0. The van der Waals surface area contributed by atoms with Crippen molar-refractivity contribution in [3.63, 3.8) is 0 Å². The molecule has 0 saturated carbocycles. The molecular formula is C18H24F3NO3. The Bertz CT molecular complexity index is 605. The summed E-state index contributed by atoms with van der Waals surface area (Å²) in [4.78, 5) is 24.3. The van der Waals surface area contributed by atoms with E-state index >= 15 is 0 Å². The molecule has 0 aliphatic rings. The zero-order valence-electron chi connectivity index (χ0n) is 14.7. The van der Waals surface area contributed by atoms with Crippen LogP contribution in [0.25, 0.3) is 0 Å². The van der Waals surface area contributed by atoms with Gasteiger partial charge in [0.15, 0.2) is 17.5 Å². The normalized spacial score (nSPS) is 12.1. The van der Waals surface area contributed by atoms with Crippen molar-refractivity contribution in [3.05, 3.63) is 35.1 Å². The summed E-state index contributed by atoms with van der Waals surface area (Å²) >= 11 is 0. The molecule has 1 unspecified atom stereocenters. The van der Waals surface area contributed by atoms with Crippen LogP contribution in [-0.2, 0) is 9.53 Å². The van der Waals surface area contributed by atoms with E-state index in [1.54, 1.807) is 0 Å². The highest BCUT2D eigenvalue weighted by Crippen LogP contribution is 2.16. The topological polar surface area (TPSA) is 55.4 Å². The minimum Gasteiger partial charge on any atom is -0.464 e. The highest BCUT2D eigenvalue weighted by Gasteiger charge is 2.26. The van der Waals surface area contributed by atoms with E-state index in [0.29, 0.717) is 12.5 Å². The third-order valence-corrected chi connectivity index (χ3v) is 3.57. The Morgan fingerprint density at radius 2 is 1.80 bits per heavy atom. The van der Waals surface area contributed by atoms with Crippen molar-refractivity contribution in [2.75, 3.05) is 6.61 Å². The van der Waals surface area contributed by atoms with Gasteiger partial charge in [0, 0.05) is 0 Å². The van der Waals surface area contributed by atoms with Crippen LogP contribution in [0.15, 0.2) is 12.1 Å². The molecule has 0 aromatic heterocycles. The predicted molar refractivity (Wildman–Crippen MR) is 87.5 cm³/mol. The van der Waals surface area contributed by atoms with Crippen molar-refractivity contribution in [1.29, 1.82) is 0 Å². The molecule has 0 aliphatic carbocycles. The van der Waals surface area contributed by atoms with Gasteiger partial charge in [0.2, 0.25) is 0 Å². The zero-order chi connectivity index (χ0) is 19.0. The molecule has 0 saturated heterocycles. The molecule has 1 atom stereocenters. The van der Waals surface area contributed by atoms with Crippen LogP contribution in [0, 0.1) is 23.4 Å². The SMILES string of the molecule is CCCCCOC(=O)C(CC(C)C)NC(=O)c1ccc(F)c(F)c1F. The lowest BCUT2D eigenvalue weighted by Gasteiger charge is -2.19. The Kier molecular flexibility index (Phi) is 8.45. The number of carbonyl (C=O) groups excluding carboxylic acids is 2. The van der Waals surface area contributed by atoms with Gasteiger partial charge in [-0.2, -0.15) is 0 Å². The summed E-state index contributed by atoms with van der Waals surface area (Å²) in [6.07, 6.45) is 2.87. The maximum atomic E-state index is 13.7. The van der Waals surface area contributed by atoms with Crippen molar-refractivity contribution in [2.45, 2.75) is 52.5 Å². The lowest BCUT2D eigenvalue weighted by molar-refractivity contribution is -0.146. The van der Waals surface area contributed by atoms with E-state index in [1.807, 2.05) is 20.8 Å². The average molecular weight is 359 g/mol. The smallest absolute Gasteiger partial charge is 0.328 e. The first-order valence-electron chi connectivity index (χ1n) is 8.38. The molecule has 25 heavy (non-hydrogen) atoms. The van der Waals surface area contributed by atoms with E-state index in [-0.39, 0.29) is 18.9 Å². The molecule has 0 heterocycles. The summed E-state index contributed by atoms with van der Waals surface area (Å²) in [6, 6.07) is 0.511. The Morgan fingerprint density at radius 1 is 1.12 bits per heavy atom. The Morgan fingerprint density at radius 3 is 2.40 bits per heavy atom. The number of hydrogen-bond acceptors (Lipinski definition) is 3. The van der Waals surface area contributed by atoms with Gasteiger partial charge >= 0.3 is 5.97 Å². The monoisotopic (exact) mass is 359 g/mol. The number of esters is 1. The second-order valence-corrected chi connectivity index (χ2v) is 6.25. The fourth-order valence-corrected chi connectivity index (χ4v) is 2.25. The van der Waals surface area contributed by atoms with Crippen LogP contribution in [0.1, 0.15) is 56.8 Å². The van der Waals surface area contributed by atoms with Crippen LogP contribution < -0.4 is 5.32 Å². The minimum atomic E-state index is -1.73. The fraction of sp³-hybridized carbons (Fsp3) is 0.556. The molecule has 4 nitrogen and oxygen atoms in total. The Labute approximate surface area is 145 Å². The summed E-state index contributed by atoms with van der Waals surface area (Å²) in [6.45, 7) is 5.94. The first-order valence-corrected chi connectivity index (χ1v) is 8.38. The largest absolute Gasteiger partial charge is 0.464 e. The second kappa shape index (κ2) is 10.1. The van der Waals surface area contributed by atoms with E-state index in [4.69, 9.17) is 4.74 Å². The molecule has 1 aromatic carbocycles. The highest BCUT2D eigenvalue weighted by molar-refractivity contribution is 5.97. The quantitative estimate of drug-likeness (QED) is 0.412. The van der Waals surface area contributed by atoms with Crippen LogP contribution in [-0.4, -0.2) is 24.5 Å². The number of unbranched alkanes of at least 4 members (excludes halogenated alkanes) is 2. The first-order chi connectivity index (χ1) is 11.8. The van der Waals surface area contributed by atoms with Gasteiger partial charge < -0.3 is 10.1 Å². The van der Waals surface area contributed by atoms with Gasteiger partial charge in [0.25, 0.3) is 5.91 Å². The maximum Gasteiger partial charge on any atom is 0.328 e. The lowest BCUT2D eigenvalue weighted by atomic mass is 10.0. The van der Waals surface area contributed by atoms with E-state index in [9.17, 15) is 22.8 Å². The van der Waals surface area contributed by atoms with Crippen molar-refractivity contribution >= 4 is 11.9 Å². The molecule has 140 valence electrons. The number of benzene rings is 1. The predicted octanol–water partition coefficient (Wildman–Crippen LogP) is 3.98. The summed E-state index contributed by atoms with van der Waals surface area (Å²) in [5, 5.41) is 2.35. The van der Waals surface area contributed by atoms with Crippen molar-refractivity contribution in [3.8, 4) is 0 Å². The average Bonchev–Trinajstić information content (AvgIpc) is 2.55. The van der Waals surface area contributed by atoms with Gasteiger partial charge in [-0.1, -0.05) is 33.6 Å². The number of nitrogens with one attached hydrogen (secondary N) is 1. The van der Waals surface area contributed by atoms with Gasteiger partial charge in [0.05, 0.1) is 12.2 Å². The van der Waals surface area contributed by atoms with Crippen molar-refractivity contribution in [2.24, 2.45) is 5.92 Å².